The van der Waals surface area contributed by atoms with Crippen molar-refractivity contribution < 1.29 is 49.4 Å². The fourth-order valence-corrected chi connectivity index (χ4v) is 12.1. The molecule has 0 atom stereocenters. The van der Waals surface area contributed by atoms with E-state index < -0.39 is 70.0 Å². The number of thiophene rings is 2. The van der Waals surface area contributed by atoms with Crippen LogP contribution in [0.3, 0.4) is 0 Å². The number of thioether (sulfide) groups is 1. The zero-order chi connectivity index (χ0) is 39.9. The minimum atomic E-state index is -5.73. The Labute approximate surface area is 326 Å². The summed E-state index contributed by atoms with van der Waals surface area (Å²) in [7, 11) is -6.70. The number of carboxylic acid groups (broad SMARTS) is 1. The molecule has 8 rings (SSSR count). The number of benzene rings is 3. The highest BCUT2D eigenvalue weighted by Gasteiger charge is 2.43. The molecule has 0 aliphatic carbocycles. The van der Waals surface area contributed by atoms with Crippen LogP contribution in [-0.2, 0) is 36.1 Å². The maximum Gasteiger partial charge on any atom is 0.313 e. The van der Waals surface area contributed by atoms with Gasteiger partial charge in [0.05, 0.1) is 27.8 Å². The van der Waals surface area contributed by atoms with Crippen LogP contribution in [0.2, 0.25) is 0 Å². The first-order chi connectivity index (χ1) is 25.5. The van der Waals surface area contributed by atoms with E-state index in [4.69, 9.17) is 4.74 Å². The first-order valence-corrected chi connectivity index (χ1v) is 22.0. The van der Waals surface area contributed by atoms with Gasteiger partial charge in [0.1, 0.15) is 49.4 Å². The van der Waals surface area contributed by atoms with Crippen molar-refractivity contribution in [2.45, 2.75) is 52.8 Å². The van der Waals surface area contributed by atoms with Crippen LogP contribution < -0.4 is 24.8 Å². The number of fused-ring (bicyclic) bond motifs is 8. The maximum atomic E-state index is 17.1. The Morgan fingerprint density at radius 1 is 0.982 bits per heavy atom. The lowest BCUT2D eigenvalue weighted by Gasteiger charge is -2.43. The highest BCUT2D eigenvalue weighted by Crippen LogP contribution is 2.54. The van der Waals surface area contributed by atoms with Crippen molar-refractivity contribution >= 4 is 71.9 Å². The Morgan fingerprint density at radius 2 is 1.69 bits per heavy atom. The number of halogens is 2. The Balaban J connectivity index is 1.57. The zero-order valence-electron chi connectivity index (χ0n) is 29.8. The lowest BCUT2D eigenvalue weighted by Crippen LogP contribution is -2.46. The van der Waals surface area contributed by atoms with Gasteiger partial charge in [-0.15, -0.1) is 34.4 Å². The van der Waals surface area contributed by atoms with Crippen molar-refractivity contribution in [2.24, 2.45) is 0 Å². The van der Waals surface area contributed by atoms with E-state index in [0.717, 1.165) is 27.5 Å². The molecule has 0 saturated heterocycles. The summed E-state index contributed by atoms with van der Waals surface area (Å²) in [5, 5.41) is 11.9. The molecule has 5 aromatic rings. The normalized spacial score (nSPS) is 16.4. The number of hydrogen-bond acceptors (Lipinski definition) is 11. The van der Waals surface area contributed by atoms with Crippen LogP contribution in [0.5, 0.6) is 11.5 Å². The minimum Gasteiger partial charge on any atom is -0.744 e. The topological polar surface area (TPSA) is 164 Å². The summed E-state index contributed by atoms with van der Waals surface area (Å²) in [6.45, 7) is 7.81. The first kappa shape index (κ1) is 37.7. The molecule has 55 heavy (non-hydrogen) atoms. The van der Waals surface area contributed by atoms with Gasteiger partial charge in [0.25, 0.3) is 0 Å². The maximum absolute atomic E-state index is 17.1. The summed E-state index contributed by atoms with van der Waals surface area (Å²) >= 11 is 2.67. The number of carboxylic acids is 1. The Morgan fingerprint density at radius 3 is 2.35 bits per heavy atom. The molecule has 2 aromatic heterocycles. The molecular formula is C37H30F2N2O9S5. The SMILES string of the molecule is CN1c2cc3c(cc2-c2sccc2C1(C)C)C(c1c(F)c(SCC(=O)O)cc(F)c1S(=O)(=O)[O-])=c1cc2c(cc1O3)=[N+](C)C(C)(C)c1cc(S(=O)(=O)O)sc1-2. The molecule has 0 amide bonds. The molecule has 3 aromatic carbocycles. The molecule has 0 radical (unpaired) electrons. The summed E-state index contributed by atoms with van der Waals surface area (Å²) < 4.78 is 115. The van der Waals surface area contributed by atoms with Gasteiger partial charge in [0.2, 0.25) is 5.36 Å². The van der Waals surface area contributed by atoms with E-state index in [1.54, 1.807) is 31.3 Å². The van der Waals surface area contributed by atoms with Crippen LogP contribution in [0, 0.1) is 11.6 Å². The van der Waals surface area contributed by atoms with E-state index >= 15 is 8.78 Å². The fraction of sp³-hybridized carbons (Fsp3) is 0.243. The van der Waals surface area contributed by atoms with Crippen molar-refractivity contribution in [2.75, 3.05) is 24.7 Å². The van der Waals surface area contributed by atoms with Crippen LogP contribution in [0.4, 0.5) is 14.5 Å². The second-order valence-electron chi connectivity index (χ2n) is 14.4. The predicted molar refractivity (Wildman–Crippen MR) is 205 cm³/mol. The largest absolute Gasteiger partial charge is 0.744 e. The number of ether oxygens (including phenoxy) is 1. The van der Waals surface area contributed by atoms with Gasteiger partial charge in [0, 0.05) is 75.5 Å². The molecule has 11 nitrogen and oxygen atoms in total. The Bertz CT molecular complexity index is 2950. The molecule has 0 fully saturated rings. The van der Waals surface area contributed by atoms with Gasteiger partial charge in [-0.05, 0) is 55.1 Å². The van der Waals surface area contributed by atoms with Crippen LogP contribution >= 0.6 is 34.4 Å². The molecule has 0 saturated carbocycles. The Kier molecular flexibility index (Phi) is 8.35. The molecule has 0 spiro atoms. The molecular weight excluding hydrogens is 815 g/mol. The summed E-state index contributed by atoms with van der Waals surface area (Å²) in [6, 6.07) is 10.4. The van der Waals surface area contributed by atoms with Crippen molar-refractivity contribution in [1.29, 1.82) is 0 Å². The van der Waals surface area contributed by atoms with Gasteiger partial charge >= 0.3 is 16.1 Å². The smallest absolute Gasteiger partial charge is 0.313 e. The third kappa shape index (κ3) is 5.59. The highest BCUT2D eigenvalue weighted by atomic mass is 32.3. The molecule has 0 unspecified atom stereocenters. The Hall–Kier alpha value is -4.17. The van der Waals surface area contributed by atoms with E-state index in [1.807, 2.05) is 41.8 Å². The van der Waals surface area contributed by atoms with E-state index in [9.17, 15) is 35.8 Å². The molecule has 3 aliphatic heterocycles. The van der Waals surface area contributed by atoms with Crippen molar-refractivity contribution in [1.82, 2.24) is 4.58 Å². The zero-order valence-corrected chi connectivity index (χ0v) is 33.9. The van der Waals surface area contributed by atoms with Crippen LogP contribution in [0.25, 0.3) is 26.5 Å². The number of anilines is 1. The van der Waals surface area contributed by atoms with E-state index in [0.29, 0.717) is 44.8 Å². The van der Waals surface area contributed by atoms with Gasteiger partial charge in [-0.3, -0.25) is 9.35 Å². The molecule has 3 aliphatic rings. The fourth-order valence-electron chi connectivity index (χ4n) is 7.56. The molecule has 2 N–H and O–H groups in total. The van der Waals surface area contributed by atoms with Crippen molar-refractivity contribution in [3.05, 3.63) is 92.3 Å². The van der Waals surface area contributed by atoms with Crippen LogP contribution in [-0.4, -0.2) is 56.9 Å². The highest BCUT2D eigenvalue weighted by molar-refractivity contribution is 8.00. The third-order valence-corrected chi connectivity index (χ3v) is 16.1. The van der Waals surface area contributed by atoms with E-state index in [1.165, 1.54) is 17.4 Å². The third-order valence-electron chi connectivity index (χ3n) is 10.8. The number of aliphatic carboxylic acids is 1. The summed E-state index contributed by atoms with van der Waals surface area (Å²) in [4.78, 5) is 12.8. The second-order valence-corrected chi connectivity index (χ2v) is 20.4. The molecule has 5 heterocycles. The quantitative estimate of drug-likeness (QED) is 0.112. The number of hydrogen-bond donors (Lipinski definition) is 2. The average molecular weight is 845 g/mol. The summed E-state index contributed by atoms with van der Waals surface area (Å²) in [5.74, 6) is -4.71. The summed E-state index contributed by atoms with van der Waals surface area (Å²) in [6.07, 6.45) is 0. The van der Waals surface area contributed by atoms with Gasteiger partial charge < -0.3 is 19.3 Å². The van der Waals surface area contributed by atoms with Gasteiger partial charge in [-0.25, -0.2) is 21.8 Å². The molecule has 0 bridgehead atoms. The summed E-state index contributed by atoms with van der Waals surface area (Å²) in [5.41, 5.74) is 1.04. The monoisotopic (exact) mass is 844 g/mol. The van der Waals surface area contributed by atoms with E-state index in [-0.39, 0.29) is 32.1 Å². The standard InChI is InChI=1S/C37H30F2N2O9S5/c1-36(2)20-7-8-51-33(20)16-9-18-25(13-23(16)40(36)5)50-26-14-24-17(34-21(37(3,4)41(24)6)11-29(53-34)54(44,45)46)10-19(26)30(18)31-32(39)27(52-15-28(42)43)12-22(38)35(31)55(47,48)49/h7-14H,15H2,1-6H3,(H2-,42,43,44,45,46,47,48,49). The first-order valence-electron chi connectivity index (χ1n) is 16.5. The number of rotatable bonds is 6. The number of nitrogens with zero attached hydrogens (tertiary/aromatic N) is 2. The second kappa shape index (κ2) is 12.2. The van der Waals surface area contributed by atoms with E-state index in [2.05, 4.69) is 13.8 Å². The van der Waals surface area contributed by atoms with Gasteiger partial charge in [0.15, 0.2) is 5.54 Å². The van der Waals surface area contributed by atoms with Crippen LogP contribution in [0.15, 0.2) is 61.8 Å². The van der Waals surface area contributed by atoms with Crippen molar-refractivity contribution in [3.8, 4) is 32.4 Å². The molecule has 18 heteroatoms. The molecule has 286 valence electrons. The minimum absolute atomic E-state index is 0.0477. The predicted octanol–water partition coefficient (Wildman–Crippen LogP) is 6.16. The average Bonchev–Trinajstić information content (AvgIpc) is 3.78. The lowest BCUT2D eigenvalue weighted by molar-refractivity contribution is -0.133. The van der Waals surface area contributed by atoms with Crippen molar-refractivity contribution in [3.63, 3.8) is 0 Å². The lowest BCUT2D eigenvalue weighted by atomic mass is 9.83. The van der Waals surface area contributed by atoms with Gasteiger partial charge in [-0.1, -0.05) is 0 Å². The van der Waals surface area contributed by atoms with Gasteiger partial charge in [-0.2, -0.15) is 8.42 Å². The van der Waals surface area contributed by atoms with Crippen LogP contribution in [0.1, 0.15) is 49.9 Å². The number of carbonyl (C=O) groups is 1.